The average molecular weight is 260 g/mol. The predicted molar refractivity (Wildman–Crippen MR) is 56.9 cm³/mol. The minimum absolute atomic E-state index is 0.178. The summed E-state index contributed by atoms with van der Waals surface area (Å²) in [7, 11) is 0. The van der Waals surface area contributed by atoms with Crippen LogP contribution in [0, 0.1) is 0 Å². The molecule has 0 amide bonds. The fraction of sp³-hybridized carbons (Fsp3) is 0.778. The lowest BCUT2D eigenvalue weighted by atomic mass is 9.98. The summed E-state index contributed by atoms with van der Waals surface area (Å²) in [5.41, 5.74) is 5.87. The summed E-state index contributed by atoms with van der Waals surface area (Å²) in [5, 5.41) is 45.5. The van der Waals surface area contributed by atoms with E-state index in [0.29, 0.717) is 5.69 Å². The van der Waals surface area contributed by atoms with Crippen molar-refractivity contribution in [2.24, 2.45) is 5.73 Å². The normalized spacial score (nSPS) is 36.8. The van der Waals surface area contributed by atoms with E-state index in [1.807, 2.05) is 0 Å². The highest BCUT2D eigenvalue weighted by Gasteiger charge is 2.44. The molecule has 1 aliphatic heterocycles. The van der Waals surface area contributed by atoms with Crippen LogP contribution in [-0.2, 0) is 11.3 Å². The van der Waals surface area contributed by atoms with E-state index in [9.17, 15) is 15.3 Å². The van der Waals surface area contributed by atoms with Gasteiger partial charge < -0.3 is 30.9 Å². The first-order chi connectivity index (χ1) is 8.58. The van der Waals surface area contributed by atoms with Gasteiger partial charge in [0, 0.05) is 6.54 Å². The first-order valence-corrected chi connectivity index (χ1v) is 5.49. The Morgan fingerprint density at radius 2 is 2.00 bits per heavy atom. The van der Waals surface area contributed by atoms with Crippen LogP contribution >= 0.6 is 0 Å². The SMILES string of the molecule is NCc1cn([C@H]2O[C@H](CO)[C@@H](O)[C@H](O)[C@H]2O)nn1. The molecule has 1 aromatic rings. The summed E-state index contributed by atoms with van der Waals surface area (Å²) in [4.78, 5) is 0. The fourth-order valence-electron chi connectivity index (χ4n) is 1.83. The molecule has 0 saturated carbocycles. The summed E-state index contributed by atoms with van der Waals surface area (Å²) in [5.74, 6) is 0. The van der Waals surface area contributed by atoms with Gasteiger partial charge in [0.05, 0.1) is 18.5 Å². The molecule has 0 radical (unpaired) electrons. The summed E-state index contributed by atoms with van der Waals surface area (Å²) in [6, 6.07) is 0. The number of nitrogens with two attached hydrogens (primary N) is 1. The van der Waals surface area contributed by atoms with E-state index in [0.717, 1.165) is 0 Å². The number of hydrogen-bond acceptors (Lipinski definition) is 8. The molecule has 9 heteroatoms. The zero-order chi connectivity index (χ0) is 13.3. The van der Waals surface area contributed by atoms with Gasteiger partial charge in [-0.15, -0.1) is 5.10 Å². The zero-order valence-electron chi connectivity index (χ0n) is 9.49. The molecular weight excluding hydrogens is 244 g/mol. The molecule has 0 aromatic carbocycles. The molecule has 1 aromatic heterocycles. The smallest absolute Gasteiger partial charge is 0.180 e. The third kappa shape index (κ3) is 2.23. The Hall–Kier alpha value is -1.10. The number of rotatable bonds is 3. The Morgan fingerprint density at radius 1 is 1.28 bits per heavy atom. The van der Waals surface area contributed by atoms with E-state index in [1.165, 1.54) is 10.9 Å². The van der Waals surface area contributed by atoms with Gasteiger partial charge in [0.15, 0.2) is 6.23 Å². The molecule has 1 fully saturated rings. The largest absolute Gasteiger partial charge is 0.394 e. The highest BCUT2D eigenvalue weighted by Crippen LogP contribution is 2.27. The van der Waals surface area contributed by atoms with Gasteiger partial charge in [-0.25, -0.2) is 4.68 Å². The van der Waals surface area contributed by atoms with Crippen molar-refractivity contribution in [1.82, 2.24) is 15.0 Å². The molecule has 5 atom stereocenters. The molecule has 0 bridgehead atoms. The maximum Gasteiger partial charge on any atom is 0.180 e. The Morgan fingerprint density at radius 3 is 2.56 bits per heavy atom. The second-order valence-electron chi connectivity index (χ2n) is 4.11. The van der Waals surface area contributed by atoms with Gasteiger partial charge in [0.25, 0.3) is 0 Å². The molecule has 0 aliphatic carbocycles. The first-order valence-electron chi connectivity index (χ1n) is 5.49. The minimum atomic E-state index is -1.44. The maximum absolute atomic E-state index is 9.82. The average Bonchev–Trinajstić information content (AvgIpc) is 2.85. The second kappa shape index (κ2) is 5.26. The molecule has 1 saturated heterocycles. The van der Waals surface area contributed by atoms with Crippen molar-refractivity contribution in [2.45, 2.75) is 37.2 Å². The fourth-order valence-corrected chi connectivity index (χ4v) is 1.83. The first kappa shape index (κ1) is 13.3. The number of ether oxygens (including phenoxy) is 1. The molecule has 0 unspecified atom stereocenters. The van der Waals surface area contributed by atoms with Crippen LogP contribution in [0.5, 0.6) is 0 Å². The van der Waals surface area contributed by atoms with Crippen LogP contribution in [0.2, 0.25) is 0 Å². The van der Waals surface area contributed by atoms with Gasteiger partial charge in [-0.05, 0) is 0 Å². The van der Waals surface area contributed by atoms with E-state index >= 15 is 0 Å². The molecule has 2 rings (SSSR count). The number of aliphatic hydroxyl groups excluding tert-OH is 4. The van der Waals surface area contributed by atoms with E-state index in [-0.39, 0.29) is 6.54 Å². The molecule has 6 N–H and O–H groups in total. The van der Waals surface area contributed by atoms with Gasteiger partial charge in [0.1, 0.15) is 24.4 Å². The zero-order valence-corrected chi connectivity index (χ0v) is 9.49. The molecule has 0 spiro atoms. The van der Waals surface area contributed by atoms with Crippen LogP contribution < -0.4 is 5.73 Å². The second-order valence-corrected chi connectivity index (χ2v) is 4.11. The summed E-state index contributed by atoms with van der Waals surface area (Å²) in [6.07, 6.45) is -4.75. The van der Waals surface area contributed by atoms with Gasteiger partial charge in [-0.1, -0.05) is 5.21 Å². The van der Waals surface area contributed by atoms with Gasteiger partial charge in [-0.3, -0.25) is 0 Å². The van der Waals surface area contributed by atoms with E-state index < -0.39 is 37.3 Å². The van der Waals surface area contributed by atoms with Gasteiger partial charge in [-0.2, -0.15) is 0 Å². The van der Waals surface area contributed by atoms with Crippen molar-refractivity contribution < 1.29 is 25.2 Å². The Kier molecular flexibility index (Phi) is 3.90. The van der Waals surface area contributed by atoms with Crippen LogP contribution in [-0.4, -0.2) is 66.4 Å². The van der Waals surface area contributed by atoms with Crippen LogP contribution in [0.1, 0.15) is 11.9 Å². The highest BCUT2D eigenvalue weighted by atomic mass is 16.6. The Labute approximate surface area is 102 Å². The van der Waals surface area contributed by atoms with Crippen molar-refractivity contribution in [3.63, 3.8) is 0 Å². The number of nitrogens with zero attached hydrogens (tertiary/aromatic N) is 3. The lowest BCUT2D eigenvalue weighted by Crippen LogP contribution is -2.56. The topological polar surface area (TPSA) is 147 Å². The van der Waals surface area contributed by atoms with E-state index in [1.54, 1.807) is 0 Å². The van der Waals surface area contributed by atoms with Gasteiger partial charge >= 0.3 is 0 Å². The van der Waals surface area contributed by atoms with Crippen LogP contribution in [0.4, 0.5) is 0 Å². The van der Waals surface area contributed by atoms with Crippen molar-refractivity contribution in [3.05, 3.63) is 11.9 Å². The molecule has 1 aliphatic rings. The number of aliphatic hydroxyl groups is 4. The standard InChI is InChI=1S/C9H16N4O5/c10-1-4-2-13(12-11-4)9-8(17)7(16)6(15)5(3-14)18-9/h2,5-9,14-17H,1,3,10H2/t5-,6-,7+,8-,9+/m1/s1. The number of hydrogen-bond donors (Lipinski definition) is 5. The summed E-state index contributed by atoms with van der Waals surface area (Å²) in [6.45, 7) is -0.308. The molecule has 9 nitrogen and oxygen atoms in total. The molecule has 18 heavy (non-hydrogen) atoms. The number of aromatic nitrogens is 3. The Balaban J connectivity index is 2.21. The quantitative estimate of drug-likeness (QED) is 0.380. The van der Waals surface area contributed by atoms with Crippen molar-refractivity contribution >= 4 is 0 Å². The van der Waals surface area contributed by atoms with Gasteiger partial charge in [0.2, 0.25) is 0 Å². The third-order valence-electron chi connectivity index (χ3n) is 2.89. The lowest BCUT2D eigenvalue weighted by Gasteiger charge is -2.39. The van der Waals surface area contributed by atoms with E-state index in [2.05, 4.69) is 10.3 Å². The van der Waals surface area contributed by atoms with E-state index in [4.69, 9.17) is 15.6 Å². The lowest BCUT2D eigenvalue weighted by molar-refractivity contribution is -0.254. The third-order valence-corrected chi connectivity index (χ3v) is 2.89. The van der Waals surface area contributed by atoms with Crippen LogP contribution in [0.15, 0.2) is 6.20 Å². The molecule has 102 valence electrons. The van der Waals surface area contributed by atoms with Crippen LogP contribution in [0.3, 0.4) is 0 Å². The summed E-state index contributed by atoms with van der Waals surface area (Å²) < 4.78 is 6.48. The van der Waals surface area contributed by atoms with Crippen molar-refractivity contribution in [3.8, 4) is 0 Å². The maximum atomic E-state index is 9.82. The molecular formula is C9H16N4O5. The van der Waals surface area contributed by atoms with Crippen LogP contribution in [0.25, 0.3) is 0 Å². The van der Waals surface area contributed by atoms with Crippen molar-refractivity contribution in [2.75, 3.05) is 6.61 Å². The minimum Gasteiger partial charge on any atom is -0.394 e. The summed E-state index contributed by atoms with van der Waals surface area (Å²) >= 11 is 0. The monoisotopic (exact) mass is 260 g/mol. The predicted octanol–water partition coefficient (Wildman–Crippen LogP) is -3.29. The Bertz CT molecular complexity index is 398. The highest BCUT2D eigenvalue weighted by molar-refractivity contribution is 4.95. The van der Waals surface area contributed by atoms with Crippen molar-refractivity contribution in [1.29, 1.82) is 0 Å². The molecule has 2 heterocycles.